The Kier molecular flexibility index (Phi) is 2.12. The van der Waals surface area contributed by atoms with Gasteiger partial charge in [-0.2, -0.15) is 0 Å². The fourth-order valence-corrected chi connectivity index (χ4v) is 4.99. The van der Waals surface area contributed by atoms with Crippen LogP contribution in [0.1, 0.15) is 51.9 Å². The van der Waals surface area contributed by atoms with Gasteiger partial charge in [0.2, 0.25) is 0 Å². The van der Waals surface area contributed by atoms with Crippen LogP contribution in [-0.4, -0.2) is 6.29 Å². The zero-order chi connectivity index (χ0) is 11.4. The fourth-order valence-electron chi connectivity index (χ4n) is 4.99. The monoisotopic (exact) mass is 218 g/mol. The average molecular weight is 218 g/mol. The predicted molar refractivity (Wildman–Crippen MR) is 65.0 cm³/mol. The number of fused-ring (bicyclic) bond motifs is 2. The molecule has 3 rings (SSSR count). The molecule has 0 unspecified atom stereocenters. The van der Waals surface area contributed by atoms with Crippen molar-refractivity contribution >= 4 is 6.29 Å². The Labute approximate surface area is 98.3 Å². The van der Waals surface area contributed by atoms with Crippen molar-refractivity contribution in [1.82, 2.24) is 0 Å². The maximum Gasteiger partial charge on any atom is 0.127 e. The first-order chi connectivity index (χ1) is 7.64. The maximum absolute atomic E-state index is 11.7. The molecule has 0 spiro atoms. The Balaban J connectivity index is 2.03. The van der Waals surface area contributed by atoms with Crippen LogP contribution in [0.25, 0.3) is 0 Å². The standard InChI is InChI=1S/C15H22O/c1-11-12-7-8-15(9-12,10-16)14(11,2)13-5-3-4-6-13/h10,12-13H,1,3-9H2,2H3/t12-,14-,15+/m0/s1. The molecule has 0 heterocycles. The summed E-state index contributed by atoms with van der Waals surface area (Å²) in [6.45, 7) is 6.71. The summed E-state index contributed by atoms with van der Waals surface area (Å²) in [6.07, 6.45) is 10.1. The van der Waals surface area contributed by atoms with Gasteiger partial charge in [0.15, 0.2) is 0 Å². The van der Waals surface area contributed by atoms with Crippen LogP contribution in [0, 0.1) is 22.7 Å². The highest BCUT2D eigenvalue weighted by atomic mass is 16.1. The molecule has 0 aliphatic heterocycles. The first kappa shape index (κ1) is 10.6. The summed E-state index contributed by atoms with van der Waals surface area (Å²) in [5, 5.41) is 0. The zero-order valence-electron chi connectivity index (χ0n) is 10.3. The Morgan fingerprint density at radius 3 is 2.62 bits per heavy atom. The molecular weight excluding hydrogens is 196 g/mol. The average Bonchev–Trinajstić information content (AvgIpc) is 2.98. The Morgan fingerprint density at radius 2 is 2.00 bits per heavy atom. The van der Waals surface area contributed by atoms with Crippen LogP contribution in [0.4, 0.5) is 0 Å². The largest absolute Gasteiger partial charge is 0.303 e. The van der Waals surface area contributed by atoms with Gasteiger partial charge >= 0.3 is 0 Å². The molecule has 88 valence electrons. The van der Waals surface area contributed by atoms with Crippen molar-refractivity contribution in [1.29, 1.82) is 0 Å². The van der Waals surface area contributed by atoms with E-state index in [0.29, 0.717) is 5.92 Å². The topological polar surface area (TPSA) is 17.1 Å². The van der Waals surface area contributed by atoms with E-state index in [2.05, 4.69) is 13.5 Å². The second-order valence-corrected chi connectivity index (χ2v) is 6.42. The zero-order valence-corrected chi connectivity index (χ0v) is 10.3. The number of carbonyl (C=O) groups is 1. The Morgan fingerprint density at radius 1 is 1.31 bits per heavy atom. The summed E-state index contributed by atoms with van der Waals surface area (Å²) >= 11 is 0. The van der Waals surface area contributed by atoms with Gasteiger partial charge in [0.1, 0.15) is 6.29 Å². The van der Waals surface area contributed by atoms with Crippen molar-refractivity contribution in [3.05, 3.63) is 12.2 Å². The summed E-state index contributed by atoms with van der Waals surface area (Å²) in [5.41, 5.74) is 1.51. The molecule has 0 amide bonds. The van der Waals surface area contributed by atoms with Gasteiger partial charge in [0.05, 0.1) is 0 Å². The van der Waals surface area contributed by atoms with Gasteiger partial charge in [-0.15, -0.1) is 0 Å². The molecule has 1 nitrogen and oxygen atoms in total. The minimum absolute atomic E-state index is 0.0379. The minimum Gasteiger partial charge on any atom is -0.303 e. The molecule has 16 heavy (non-hydrogen) atoms. The minimum atomic E-state index is -0.0379. The van der Waals surface area contributed by atoms with Crippen LogP contribution < -0.4 is 0 Å². The maximum atomic E-state index is 11.7. The lowest BCUT2D eigenvalue weighted by atomic mass is 9.56. The van der Waals surface area contributed by atoms with Crippen LogP contribution in [0.2, 0.25) is 0 Å². The highest BCUT2D eigenvalue weighted by Crippen LogP contribution is 2.70. The van der Waals surface area contributed by atoms with E-state index in [4.69, 9.17) is 0 Å². The number of allylic oxidation sites excluding steroid dienone is 1. The molecule has 0 aromatic rings. The third kappa shape index (κ3) is 1.00. The summed E-state index contributed by atoms with van der Waals surface area (Å²) in [5.74, 6) is 1.38. The van der Waals surface area contributed by atoms with E-state index in [1.54, 1.807) is 0 Å². The molecule has 3 atom stereocenters. The fraction of sp³-hybridized carbons (Fsp3) is 0.800. The third-order valence-corrected chi connectivity index (χ3v) is 6.14. The summed E-state index contributed by atoms with van der Waals surface area (Å²) in [7, 11) is 0. The van der Waals surface area contributed by atoms with E-state index in [0.717, 1.165) is 18.8 Å². The van der Waals surface area contributed by atoms with Gasteiger partial charge in [-0.3, -0.25) is 0 Å². The second-order valence-electron chi connectivity index (χ2n) is 6.42. The van der Waals surface area contributed by atoms with E-state index in [-0.39, 0.29) is 10.8 Å². The van der Waals surface area contributed by atoms with Crippen molar-refractivity contribution in [2.24, 2.45) is 22.7 Å². The first-order valence-corrected chi connectivity index (χ1v) is 6.80. The molecule has 1 heteroatoms. The van der Waals surface area contributed by atoms with Gasteiger partial charge in [0, 0.05) is 10.8 Å². The second kappa shape index (κ2) is 3.21. The number of hydrogen-bond acceptors (Lipinski definition) is 1. The quantitative estimate of drug-likeness (QED) is 0.510. The van der Waals surface area contributed by atoms with E-state index < -0.39 is 0 Å². The van der Waals surface area contributed by atoms with Crippen LogP contribution >= 0.6 is 0 Å². The summed E-state index contributed by atoms with van der Waals surface area (Å²) in [6, 6.07) is 0. The first-order valence-electron chi connectivity index (χ1n) is 6.80. The van der Waals surface area contributed by atoms with E-state index in [1.165, 1.54) is 44.0 Å². The third-order valence-electron chi connectivity index (χ3n) is 6.14. The molecule has 0 aromatic heterocycles. The number of hydrogen-bond donors (Lipinski definition) is 0. The normalized spacial score (nSPS) is 47.8. The van der Waals surface area contributed by atoms with Crippen molar-refractivity contribution in [3.63, 3.8) is 0 Å². The summed E-state index contributed by atoms with van der Waals surface area (Å²) in [4.78, 5) is 11.7. The van der Waals surface area contributed by atoms with Crippen molar-refractivity contribution in [3.8, 4) is 0 Å². The summed E-state index contributed by atoms with van der Waals surface area (Å²) < 4.78 is 0. The predicted octanol–water partition coefficient (Wildman–Crippen LogP) is 3.74. The Hall–Kier alpha value is -0.590. The molecule has 0 aromatic carbocycles. The van der Waals surface area contributed by atoms with Crippen LogP contribution in [0.15, 0.2) is 12.2 Å². The molecule has 0 N–H and O–H groups in total. The van der Waals surface area contributed by atoms with Gasteiger partial charge in [0.25, 0.3) is 0 Å². The van der Waals surface area contributed by atoms with E-state index in [1.807, 2.05) is 0 Å². The molecule has 3 fully saturated rings. The lowest BCUT2D eigenvalue weighted by molar-refractivity contribution is -0.122. The molecular formula is C15H22O. The van der Waals surface area contributed by atoms with Gasteiger partial charge < -0.3 is 4.79 Å². The van der Waals surface area contributed by atoms with Crippen molar-refractivity contribution in [2.75, 3.05) is 0 Å². The highest BCUT2D eigenvalue weighted by Gasteiger charge is 2.64. The number of rotatable bonds is 2. The van der Waals surface area contributed by atoms with Crippen molar-refractivity contribution < 1.29 is 4.79 Å². The number of carbonyl (C=O) groups excluding carboxylic acids is 1. The molecule has 3 aliphatic carbocycles. The van der Waals surface area contributed by atoms with Crippen LogP contribution in [-0.2, 0) is 4.79 Å². The molecule has 2 bridgehead atoms. The SMILES string of the molecule is C=C1[C@H]2CC[C@](C=O)(C2)[C@]1(C)C1CCCC1. The molecule has 3 aliphatic rings. The van der Waals surface area contributed by atoms with Gasteiger partial charge in [-0.1, -0.05) is 31.9 Å². The highest BCUT2D eigenvalue weighted by molar-refractivity contribution is 5.66. The van der Waals surface area contributed by atoms with Gasteiger partial charge in [-0.25, -0.2) is 0 Å². The van der Waals surface area contributed by atoms with Crippen LogP contribution in [0.3, 0.4) is 0 Å². The smallest absolute Gasteiger partial charge is 0.127 e. The van der Waals surface area contributed by atoms with Crippen LogP contribution in [0.5, 0.6) is 0 Å². The van der Waals surface area contributed by atoms with E-state index in [9.17, 15) is 4.79 Å². The van der Waals surface area contributed by atoms with Gasteiger partial charge in [-0.05, 0) is 43.9 Å². The molecule has 3 saturated carbocycles. The molecule has 0 saturated heterocycles. The van der Waals surface area contributed by atoms with Crippen molar-refractivity contribution in [2.45, 2.75) is 51.9 Å². The van der Waals surface area contributed by atoms with E-state index >= 15 is 0 Å². The number of aldehydes is 1. The molecule has 0 radical (unpaired) electrons. The Bertz CT molecular complexity index is 339. The lowest BCUT2D eigenvalue weighted by Gasteiger charge is -2.47. The lowest BCUT2D eigenvalue weighted by Crippen LogP contribution is -2.43.